The first kappa shape index (κ1) is 12.6. The van der Waals surface area contributed by atoms with Crippen molar-refractivity contribution in [1.29, 1.82) is 0 Å². The van der Waals surface area contributed by atoms with Crippen molar-refractivity contribution in [3.8, 4) is 9.85 Å². The lowest BCUT2D eigenvalue weighted by Crippen LogP contribution is -3.59. The van der Waals surface area contributed by atoms with E-state index in [1.807, 2.05) is 0 Å². The van der Waals surface area contributed by atoms with Gasteiger partial charge in [-0.15, -0.1) is 0 Å². The van der Waals surface area contributed by atoms with Crippen LogP contribution in [0.5, 0.6) is 0 Å². The van der Waals surface area contributed by atoms with E-state index in [4.69, 9.17) is 0 Å². The van der Waals surface area contributed by atoms with Crippen molar-refractivity contribution in [3.05, 3.63) is 33.9 Å². The molecule has 1 rings (SSSR count). The maximum Gasteiger partial charge on any atom is 0.419 e. The van der Waals surface area contributed by atoms with Gasteiger partial charge in [0.05, 0.1) is 0 Å². The van der Waals surface area contributed by atoms with Gasteiger partial charge in [-0.05, 0) is 24.5 Å². The van der Waals surface area contributed by atoms with Crippen molar-refractivity contribution in [2.75, 3.05) is 0 Å². The third-order valence-corrected chi connectivity index (χ3v) is 4.10. The highest BCUT2D eigenvalue weighted by molar-refractivity contribution is 5.00. The molecular weight excluding hydrogens is 295 g/mol. The van der Waals surface area contributed by atoms with Crippen LogP contribution in [-0.2, 0) is 0 Å². The molecule has 0 atom stereocenters. The van der Waals surface area contributed by atoms with Crippen LogP contribution in [0.25, 0.3) is 0 Å². The van der Waals surface area contributed by atoms with Gasteiger partial charge < -0.3 is 0 Å². The van der Waals surface area contributed by atoms with Gasteiger partial charge in [0.1, 0.15) is 0 Å². The van der Waals surface area contributed by atoms with Crippen LogP contribution in [0.1, 0.15) is 39.0 Å². The van der Waals surface area contributed by atoms with Gasteiger partial charge in [0.2, 0.25) is 3.57 Å². The zero-order valence-electron chi connectivity index (χ0n) is 9.30. The maximum atomic E-state index is 3.34. The van der Waals surface area contributed by atoms with Gasteiger partial charge in [-0.25, -0.2) is 0 Å². The standard InChI is InChI=1S/C14H18I/c1-2-3-4-5-6-10-13-15-14-11-8-7-9-12-14/h7-9,11-12H,2-6H2,1H3/q+1. The van der Waals surface area contributed by atoms with E-state index < -0.39 is 0 Å². The van der Waals surface area contributed by atoms with Crippen molar-refractivity contribution in [3.63, 3.8) is 0 Å². The highest BCUT2D eigenvalue weighted by Crippen LogP contribution is 2.00. The van der Waals surface area contributed by atoms with Crippen LogP contribution < -0.4 is 21.2 Å². The average molecular weight is 313 g/mol. The zero-order chi connectivity index (χ0) is 10.8. The molecule has 1 aromatic rings. The first-order valence-electron chi connectivity index (χ1n) is 5.60. The number of hydrogen-bond donors (Lipinski definition) is 0. The largest absolute Gasteiger partial charge is 0.419 e. The summed E-state index contributed by atoms with van der Waals surface area (Å²) in [5.41, 5.74) is 0. The van der Waals surface area contributed by atoms with E-state index in [0.717, 1.165) is 6.42 Å². The van der Waals surface area contributed by atoms with Gasteiger partial charge in [-0.1, -0.05) is 44.4 Å². The predicted octanol–water partition coefficient (Wildman–Crippen LogP) is 0.876. The van der Waals surface area contributed by atoms with E-state index in [1.165, 1.54) is 29.3 Å². The molecule has 1 aromatic carbocycles. The second-order valence-corrected chi connectivity index (χ2v) is 5.80. The van der Waals surface area contributed by atoms with Crippen LogP contribution in [0, 0.1) is 13.4 Å². The topological polar surface area (TPSA) is 0 Å². The molecule has 0 bridgehead atoms. The summed E-state index contributed by atoms with van der Waals surface area (Å²) in [5, 5.41) is 0. The van der Waals surface area contributed by atoms with Crippen LogP contribution in [0.4, 0.5) is 0 Å². The van der Waals surface area contributed by atoms with Gasteiger partial charge in [-0.2, -0.15) is 0 Å². The molecular formula is C14H18I+. The van der Waals surface area contributed by atoms with E-state index in [2.05, 4.69) is 47.1 Å². The Morgan fingerprint density at radius 1 is 1.07 bits per heavy atom. The Labute approximate surface area is 104 Å². The number of halogens is 1. The van der Waals surface area contributed by atoms with Gasteiger partial charge in [-0.3, -0.25) is 0 Å². The predicted molar refractivity (Wildman–Crippen MR) is 61.7 cm³/mol. The first-order chi connectivity index (χ1) is 7.43. The minimum atomic E-state index is -0.0604. The Morgan fingerprint density at radius 3 is 2.60 bits per heavy atom. The molecule has 0 N–H and O–H groups in total. The molecule has 0 nitrogen and oxygen atoms in total. The SMILES string of the molecule is CCCCCCC#C[I+]c1ccccc1. The summed E-state index contributed by atoms with van der Waals surface area (Å²) in [5.74, 6) is 3.29. The molecule has 0 radical (unpaired) electrons. The molecule has 0 aliphatic rings. The third-order valence-electron chi connectivity index (χ3n) is 2.11. The molecule has 0 heterocycles. The van der Waals surface area contributed by atoms with Crippen LogP contribution in [0.3, 0.4) is 0 Å². The molecule has 0 aliphatic heterocycles. The average Bonchev–Trinajstić information content (AvgIpc) is 2.29. The number of benzene rings is 1. The quantitative estimate of drug-likeness (QED) is 0.430. The molecule has 0 saturated heterocycles. The zero-order valence-corrected chi connectivity index (χ0v) is 11.5. The summed E-state index contributed by atoms with van der Waals surface area (Å²) in [6.45, 7) is 2.24. The Hall–Kier alpha value is -0.490. The molecule has 15 heavy (non-hydrogen) atoms. The third kappa shape index (κ3) is 6.57. The van der Waals surface area contributed by atoms with E-state index >= 15 is 0 Å². The second-order valence-electron chi connectivity index (χ2n) is 3.47. The van der Waals surface area contributed by atoms with Gasteiger partial charge in [0, 0.05) is 6.42 Å². The van der Waals surface area contributed by atoms with Crippen molar-refractivity contribution in [2.24, 2.45) is 0 Å². The first-order valence-corrected chi connectivity index (χ1v) is 7.76. The number of unbranched alkanes of at least 4 members (excludes halogenated alkanes) is 4. The van der Waals surface area contributed by atoms with Gasteiger partial charge in [0.25, 0.3) is 0 Å². The highest BCUT2D eigenvalue weighted by atomic mass is 127. The maximum absolute atomic E-state index is 3.34. The normalized spacial score (nSPS) is 9.40. The fraction of sp³-hybridized carbons (Fsp3) is 0.429. The van der Waals surface area contributed by atoms with Crippen LogP contribution in [0.15, 0.2) is 30.3 Å². The van der Waals surface area contributed by atoms with E-state index in [-0.39, 0.29) is 21.2 Å². The molecule has 0 unspecified atom stereocenters. The molecule has 1 heteroatoms. The summed E-state index contributed by atoms with van der Waals surface area (Å²) in [6, 6.07) is 10.6. The Bertz CT molecular complexity index is 305. The fourth-order valence-electron chi connectivity index (χ4n) is 1.25. The van der Waals surface area contributed by atoms with Crippen molar-refractivity contribution >= 4 is 0 Å². The van der Waals surface area contributed by atoms with Crippen molar-refractivity contribution in [2.45, 2.75) is 39.0 Å². The number of hydrogen-bond acceptors (Lipinski definition) is 0. The lowest BCUT2D eigenvalue weighted by atomic mass is 10.2. The molecule has 0 fully saturated rings. The molecule has 0 amide bonds. The lowest BCUT2D eigenvalue weighted by Gasteiger charge is -1.90. The summed E-state index contributed by atoms with van der Waals surface area (Å²) in [6.07, 6.45) is 6.38. The van der Waals surface area contributed by atoms with Gasteiger partial charge >= 0.3 is 21.2 Å². The van der Waals surface area contributed by atoms with E-state index in [1.54, 1.807) is 0 Å². The second kappa shape index (κ2) is 8.79. The summed E-state index contributed by atoms with van der Waals surface area (Å²) in [4.78, 5) is 0. The van der Waals surface area contributed by atoms with Crippen molar-refractivity contribution < 1.29 is 21.2 Å². The minimum Gasteiger partial charge on any atom is -0.0654 e. The minimum absolute atomic E-state index is 0.0604. The molecule has 0 aliphatic carbocycles. The van der Waals surface area contributed by atoms with E-state index in [9.17, 15) is 0 Å². The monoisotopic (exact) mass is 313 g/mol. The van der Waals surface area contributed by atoms with E-state index in [0.29, 0.717) is 0 Å². The Kier molecular flexibility index (Phi) is 7.37. The molecule has 0 spiro atoms. The van der Waals surface area contributed by atoms with Crippen molar-refractivity contribution in [1.82, 2.24) is 0 Å². The molecule has 0 saturated carbocycles. The summed E-state index contributed by atoms with van der Waals surface area (Å²) >= 11 is -0.0604. The van der Waals surface area contributed by atoms with Crippen LogP contribution in [-0.4, -0.2) is 0 Å². The lowest BCUT2D eigenvalue weighted by molar-refractivity contribution is -0.535. The number of rotatable bonds is 5. The molecule has 80 valence electrons. The Morgan fingerprint density at radius 2 is 1.87 bits per heavy atom. The Balaban J connectivity index is 2.12. The molecule has 0 aromatic heterocycles. The smallest absolute Gasteiger partial charge is 0.0654 e. The van der Waals surface area contributed by atoms with Crippen LogP contribution in [0.2, 0.25) is 0 Å². The van der Waals surface area contributed by atoms with Gasteiger partial charge in [0.15, 0.2) is 3.93 Å². The highest BCUT2D eigenvalue weighted by Gasteiger charge is 2.05. The fourth-order valence-corrected chi connectivity index (χ4v) is 2.80. The van der Waals surface area contributed by atoms with Crippen LogP contribution >= 0.6 is 0 Å². The summed E-state index contributed by atoms with van der Waals surface area (Å²) in [7, 11) is 0. The summed E-state index contributed by atoms with van der Waals surface area (Å²) < 4.78 is 4.77.